The van der Waals surface area contributed by atoms with Gasteiger partial charge in [0.15, 0.2) is 0 Å². The Kier molecular flexibility index (Phi) is 5.00. The lowest BCUT2D eigenvalue weighted by Crippen LogP contribution is -2.25. The minimum atomic E-state index is -0.178. The van der Waals surface area contributed by atoms with Crippen LogP contribution in [-0.4, -0.2) is 17.1 Å². The largest absolute Gasteiger partial charge is 0.272 e. The number of amides is 1. The predicted octanol–water partition coefficient (Wildman–Crippen LogP) is 2.73. The molecule has 1 aromatic carbocycles. The van der Waals surface area contributed by atoms with Crippen LogP contribution in [0.25, 0.3) is 0 Å². The van der Waals surface area contributed by atoms with Crippen LogP contribution in [0, 0.1) is 0 Å². The van der Waals surface area contributed by atoms with Gasteiger partial charge in [-0.3, -0.25) is 9.78 Å². The number of nitrogens with zero attached hydrogens (tertiary/aromatic N) is 2. The van der Waals surface area contributed by atoms with Gasteiger partial charge in [-0.15, -0.1) is 0 Å². The van der Waals surface area contributed by atoms with E-state index in [9.17, 15) is 4.79 Å². The van der Waals surface area contributed by atoms with Crippen molar-refractivity contribution in [2.45, 2.75) is 19.3 Å². The van der Waals surface area contributed by atoms with Crippen LogP contribution in [0.15, 0.2) is 60.0 Å². The summed E-state index contributed by atoms with van der Waals surface area (Å²) in [7, 11) is 0. The smallest absolute Gasteiger partial charge is 0.247 e. The van der Waals surface area contributed by atoms with Crippen LogP contribution >= 0.6 is 0 Å². The molecule has 0 spiro atoms. The van der Waals surface area contributed by atoms with E-state index in [0.717, 1.165) is 17.5 Å². The number of hydrogen-bond acceptors (Lipinski definition) is 3. The number of hydrazone groups is 1. The number of rotatable bonds is 5. The van der Waals surface area contributed by atoms with Crippen molar-refractivity contribution in [3.05, 3.63) is 66.0 Å². The lowest BCUT2D eigenvalue weighted by molar-refractivity contribution is -0.122. The molecule has 1 atom stereocenters. The van der Waals surface area contributed by atoms with Crippen molar-refractivity contribution in [3.8, 4) is 0 Å². The Labute approximate surface area is 118 Å². The number of aromatic nitrogens is 1. The zero-order valence-electron chi connectivity index (χ0n) is 11.4. The van der Waals surface area contributed by atoms with E-state index in [0.29, 0.717) is 0 Å². The van der Waals surface area contributed by atoms with Gasteiger partial charge in [-0.2, -0.15) is 5.10 Å². The van der Waals surface area contributed by atoms with E-state index < -0.39 is 0 Å². The van der Waals surface area contributed by atoms with Crippen LogP contribution in [0.5, 0.6) is 0 Å². The standard InChI is InChI=1S/C16H17N3O/c1-2-15(14-8-4-3-5-9-14)16(20)19-18-12-13-7-6-10-17-11-13/h3-12,15H,2H2,1H3,(H,19,20)/b18-12-/t15-/m1/s1. The maximum atomic E-state index is 12.1. The number of benzene rings is 1. The van der Waals surface area contributed by atoms with E-state index >= 15 is 0 Å². The monoisotopic (exact) mass is 267 g/mol. The number of pyridine rings is 1. The summed E-state index contributed by atoms with van der Waals surface area (Å²) in [4.78, 5) is 16.1. The highest BCUT2D eigenvalue weighted by atomic mass is 16.2. The molecule has 1 N–H and O–H groups in total. The van der Waals surface area contributed by atoms with Gasteiger partial charge >= 0.3 is 0 Å². The highest BCUT2D eigenvalue weighted by Crippen LogP contribution is 2.18. The van der Waals surface area contributed by atoms with Crippen molar-refractivity contribution in [3.63, 3.8) is 0 Å². The Morgan fingerprint density at radius 3 is 2.75 bits per heavy atom. The molecule has 0 aliphatic heterocycles. The second-order valence-electron chi connectivity index (χ2n) is 4.39. The Morgan fingerprint density at radius 2 is 2.10 bits per heavy atom. The molecule has 4 heteroatoms. The first-order valence-corrected chi connectivity index (χ1v) is 6.59. The van der Waals surface area contributed by atoms with Gasteiger partial charge in [0.1, 0.15) is 0 Å². The average Bonchev–Trinajstić information content (AvgIpc) is 2.50. The topological polar surface area (TPSA) is 54.4 Å². The molecule has 102 valence electrons. The van der Waals surface area contributed by atoms with Crippen molar-refractivity contribution in [1.29, 1.82) is 0 Å². The molecule has 0 radical (unpaired) electrons. The molecular formula is C16H17N3O. The molecule has 0 aliphatic rings. The fraction of sp³-hybridized carbons (Fsp3) is 0.188. The molecule has 0 aliphatic carbocycles. The predicted molar refractivity (Wildman–Crippen MR) is 79.4 cm³/mol. The van der Waals surface area contributed by atoms with Crippen LogP contribution in [0.2, 0.25) is 0 Å². The molecular weight excluding hydrogens is 250 g/mol. The van der Waals surface area contributed by atoms with Gasteiger partial charge in [0.25, 0.3) is 0 Å². The van der Waals surface area contributed by atoms with Crippen LogP contribution in [-0.2, 0) is 4.79 Å². The molecule has 4 nitrogen and oxygen atoms in total. The number of carbonyl (C=O) groups excluding carboxylic acids is 1. The Hall–Kier alpha value is -2.49. The van der Waals surface area contributed by atoms with E-state index in [1.54, 1.807) is 18.6 Å². The molecule has 0 bridgehead atoms. The Balaban J connectivity index is 1.99. The van der Waals surface area contributed by atoms with Crippen LogP contribution in [0.4, 0.5) is 0 Å². The van der Waals surface area contributed by atoms with Crippen molar-refractivity contribution >= 4 is 12.1 Å². The molecule has 1 heterocycles. The number of nitrogens with one attached hydrogen (secondary N) is 1. The third-order valence-electron chi connectivity index (χ3n) is 3.00. The molecule has 0 fully saturated rings. The quantitative estimate of drug-likeness (QED) is 0.669. The zero-order chi connectivity index (χ0) is 14.2. The minimum Gasteiger partial charge on any atom is -0.272 e. The summed E-state index contributed by atoms with van der Waals surface area (Å²) < 4.78 is 0. The lowest BCUT2D eigenvalue weighted by Gasteiger charge is -2.12. The third kappa shape index (κ3) is 3.75. The van der Waals surface area contributed by atoms with Crippen LogP contribution in [0.1, 0.15) is 30.4 Å². The van der Waals surface area contributed by atoms with Gasteiger partial charge in [0, 0.05) is 18.0 Å². The number of carbonyl (C=O) groups is 1. The second-order valence-corrected chi connectivity index (χ2v) is 4.39. The number of hydrogen-bond donors (Lipinski definition) is 1. The van der Waals surface area contributed by atoms with Gasteiger partial charge in [0.05, 0.1) is 12.1 Å². The summed E-state index contributed by atoms with van der Waals surface area (Å²) in [5.41, 5.74) is 4.43. The molecule has 1 aromatic heterocycles. The lowest BCUT2D eigenvalue weighted by atomic mass is 9.96. The van der Waals surface area contributed by atoms with Crippen molar-refractivity contribution in [2.75, 3.05) is 0 Å². The van der Waals surface area contributed by atoms with E-state index in [1.807, 2.05) is 49.4 Å². The molecule has 1 amide bonds. The molecule has 2 aromatic rings. The first kappa shape index (κ1) is 13.9. The third-order valence-corrected chi connectivity index (χ3v) is 3.00. The summed E-state index contributed by atoms with van der Waals surface area (Å²) in [6.07, 6.45) is 5.70. The average molecular weight is 267 g/mol. The molecule has 2 rings (SSSR count). The highest BCUT2D eigenvalue weighted by Gasteiger charge is 2.17. The summed E-state index contributed by atoms with van der Waals surface area (Å²) >= 11 is 0. The summed E-state index contributed by atoms with van der Waals surface area (Å²) in [5, 5.41) is 3.97. The van der Waals surface area contributed by atoms with Gasteiger partial charge < -0.3 is 0 Å². The van der Waals surface area contributed by atoms with E-state index in [2.05, 4.69) is 15.5 Å². The molecule has 0 unspecified atom stereocenters. The molecule has 0 saturated carbocycles. The van der Waals surface area contributed by atoms with Crippen molar-refractivity contribution in [2.24, 2.45) is 5.10 Å². The first-order chi connectivity index (χ1) is 9.81. The van der Waals surface area contributed by atoms with Crippen LogP contribution in [0.3, 0.4) is 0 Å². The molecule has 0 saturated heterocycles. The Bertz CT molecular complexity index is 567. The summed E-state index contributed by atoms with van der Waals surface area (Å²) in [6.45, 7) is 1.99. The van der Waals surface area contributed by atoms with E-state index in [-0.39, 0.29) is 11.8 Å². The maximum Gasteiger partial charge on any atom is 0.247 e. The fourth-order valence-electron chi connectivity index (χ4n) is 1.96. The Morgan fingerprint density at radius 1 is 1.30 bits per heavy atom. The van der Waals surface area contributed by atoms with Gasteiger partial charge in [-0.1, -0.05) is 43.3 Å². The SMILES string of the molecule is CC[C@@H](C(=O)N/N=C\c1cccnc1)c1ccccc1. The fourth-order valence-corrected chi connectivity index (χ4v) is 1.96. The van der Waals surface area contributed by atoms with Gasteiger partial charge in [-0.05, 0) is 18.1 Å². The molecule has 20 heavy (non-hydrogen) atoms. The van der Waals surface area contributed by atoms with Crippen molar-refractivity contribution in [1.82, 2.24) is 10.4 Å². The van der Waals surface area contributed by atoms with Gasteiger partial charge in [0.2, 0.25) is 5.91 Å². The summed E-state index contributed by atoms with van der Waals surface area (Å²) in [6, 6.07) is 13.4. The van der Waals surface area contributed by atoms with Crippen molar-refractivity contribution < 1.29 is 4.79 Å². The first-order valence-electron chi connectivity index (χ1n) is 6.59. The normalized spacial score (nSPS) is 12.2. The minimum absolute atomic E-state index is 0.0983. The second kappa shape index (κ2) is 7.19. The van der Waals surface area contributed by atoms with Gasteiger partial charge in [-0.25, -0.2) is 5.43 Å². The van der Waals surface area contributed by atoms with E-state index in [1.165, 1.54) is 0 Å². The van der Waals surface area contributed by atoms with E-state index in [4.69, 9.17) is 0 Å². The maximum absolute atomic E-state index is 12.1. The zero-order valence-corrected chi connectivity index (χ0v) is 11.4. The highest BCUT2D eigenvalue weighted by molar-refractivity contribution is 5.85. The van der Waals surface area contributed by atoms with Crippen LogP contribution < -0.4 is 5.43 Å². The summed E-state index contributed by atoms with van der Waals surface area (Å²) in [5.74, 6) is -0.277.